The summed E-state index contributed by atoms with van der Waals surface area (Å²) in [7, 11) is -3.24. The van der Waals surface area contributed by atoms with Crippen molar-refractivity contribution in [3.05, 3.63) is 34.9 Å². The minimum Gasteiger partial charge on any atom is -0.338 e. The standard InChI is InChI=1S/C15H21ClN2O3S/c1-22(20,21)17-11-14-4-2-3-9-18(14)15(19)10-12-5-7-13(16)8-6-12/h5-8,14,17H,2-4,9-11H2,1H3/t14-/m1/s1. The van der Waals surface area contributed by atoms with Gasteiger partial charge in [-0.1, -0.05) is 23.7 Å². The summed E-state index contributed by atoms with van der Waals surface area (Å²) in [5.41, 5.74) is 0.912. The van der Waals surface area contributed by atoms with Crippen LogP contribution < -0.4 is 4.72 Å². The molecule has 1 aliphatic rings. The first-order valence-corrected chi connectivity index (χ1v) is 9.60. The molecule has 0 radical (unpaired) electrons. The fourth-order valence-electron chi connectivity index (χ4n) is 2.67. The van der Waals surface area contributed by atoms with Gasteiger partial charge >= 0.3 is 0 Å². The van der Waals surface area contributed by atoms with E-state index in [2.05, 4.69) is 4.72 Å². The van der Waals surface area contributed by atoms with Crippen LogP contribution in [0.4, 0.5) is 0 Å². The van der Waals surface area contributed by atoms with Crippen molar-refractivity contribution < 1.29 is 13.2 Å². The number of likely N-dealkylation sites (tertiary alicyclic amines) is 1. The third-order valence-corrected chi connectivity index (χ3v) is 4.74. The van der Waals surface area contributed by atoms with Crippen molar-refractivity contribution in [1.82, 2.24) is 9.62 Å². The third-order valence-electron chi connectivity index (χ3n) is 3.80. The second-order valence-electron chi connectivity index (χ2n) is 5.66. The van der Waals surface area contributed by atoms with E-state index in [-0.39, 0.29) is 18.5 Å². The predicted molar refractivity (Wildman–Crippen MR) is 87.4 cm³/mol. The third kappa shape index (κ3) is 5.26. The summed E-state index contributed by atoms with van der Waals surface area (Å²) in [5.74, 6) is 0.0299. The van der Waals surface area contributed by atoms with Gasteiger partial charge in [-0.05, 0) is 37.0 Å². The van der Waals surface area contributed by atoms with Crippen LogP contribution in [0.25, 0.3) is 0 Å². The smallest absolute Gasteiger partial charge is 0.227 e. The topological polar surface area (TPSA) is 66.5 Å². The van der Waals surface area contributed by atoms with Crippen LogP contribution in [0.15, 0.2) is 24.3 Å². The molecule has 1 atom stereocenters. The Kier molecular flexibility index (Phi) is 5.83. The Balaban J connectivity index is 2.00. The number of carbonyl (C=O) groups is 1. The van der Waals surface area contributed by atoms with Gasteiger partial charge in [0, 0.05) is 24.2 Å². The van der Waals surface area contributed by atoms with E-state index < -0.39 is 10.0 Å². The molecule has 1 saturated heterocycles. The lowest BCUT2D eigenvalue weighted by molar-refractivity contribution is -0.133. The Hall–Kier alpha value is -1.11. The largest absolute Gasteiger partial charge is 0.338 e. The first-order valence-electron chi connectivity index (χ1n) is 7.34. The van der Waals surface area contributed by atoms with Gasteiger partial charge in [-0.15, -0.1) is 0 Å². The molecule has 1 heterocycles. The molecule has 1 aromatic rings. The molecule has 122 valence electrons. The number of piperidine rings is 1. The van der Waals surface area contributed by atoms with Crippen LogP contribution in [-0.2, 0) is 21.2 Å². The zero-order valence-electron chi connectivity index (χ0n) is 12.6. The SMILES string of the molecule is CS(=O)(=O)NC[C@H]1CCCCN1C(=O)Cc1ccc(Cl)cc1. The minimum atomic E-state index is -3.24. The van der Waals surface area contributed by atoms with Crippen LogP contribution in [0.2, 0.25) is 5.02 Å². The lowest BCUT2D eigenvalue weighted by Crippen LogP contribution is -2.49. The average Bonchev–Trinajstić information content (AvgIpc) is 2.47. The molecule has 5 nitrogen and oxygen atoms in total. The Morgan fingerprint density at radius 1 is 1.32 bits per heavy atom. The van der Waals surface area contributed by atoms with Gasteiger partial charge in [0.25, 0.3) is 0 Å². The van der Waals surface area contributed by atoms with E-state index in [1.165, 1.54) is 0 Å². The molecule has 2 rings (SSSR count). The average molecular weight is 345 g/mol. The van der Waals surface area contributed by atoms with Gasteiger partial charge in [0.2, 0.25) is 15.9 Å². The molecule has 1 N–H and O–H groups in total. The molecular weight excluding hydrogens is 324 g/mol. The van der Waals surface area contributed by atoms with E-state index in [1.54, 1.807) is 17.0 Å². The van der Waals surface area contributed by atoms with E-state index >= 15 is 0 Å². The van der Waals surface area contributed by atoms with Crippen LogP contribution in [-0.4, -0.2) is 44.6 Å². The molecule has 1 aliphatic heterocycles. The molecule has 0 bridgehead atoms. The Labute approximate surface area is 136 Å². The molecule has 0 spiro atoms. The quantitative estimate of drug-likeness (QED) is 0.886. The number of halogens is 1. The van der Waals surface area contributed by atoms with Crippen LogP contribution in [0.3, 0.4) is 0 Å². The first kappa shape index (κ1) is 17.2. The van der Waals surface area contributed by atoms with Crippen molar-refractivity contribution in [1.29, 1.82) is 0 Å². The summed E-state index contributed by atoms with van der Waals surface area (Å²) < 4.78 is 25.0. The van der Waals surface area contributed by atoms with Crippen molar-refractivity contribution in [2.75, 3.05) is 19.3 Å². The number of nitrogens with one attached hydrogen (secondary N) is 1. The van der Waals surface area contributed by atoms with Gasteiger partial charge in [-0.25, -0.2) is 13.1 Å². The van der Waals surface area contributed by atoms with E-state index in [0.717, 1.165) is 31.1 Å². The Bertz CT molecular complexity index is 616. The molecule has 7 heteroatoms. The maximum atomic E-state index is 12.5. The van der Waals surface area contributed by atoms with Crippen molar-refractivity contribution in [2.24, 2.45) is 0 Å². The lowest BCUT2D eigenvalue weighted by atomic mass is 10.0. The summed E-state index contributed by atoms with van der Waals surface area (Å²) in [6, 6.07) is 7.15. The molecule has 0 saturated carbocycles. The van der Waals surface area contributed by atoms with E-state index in [1.807, 2.05) is 12.1 Å². The number of hydrogen-bond donors (Lipinski definition) is 1. The highest BCUT2D eigenvalue weighted by Gasteiger charge is 2.27. The van der Waals surface area contributed by atoms with Crippen molar-refractivity contribution in [2.45, 2.75) is 31.7 Å². The lowest BCUT2D eigenvalue weighted by Gasteiger charge is -2.36. The maximum Gasteiger partial charge on any atom is 0.227 e. The zero-order chi connectivity index (χ0) is 16.2. The highest BCUT2D eigenvalue weighted by Crippen LogP contribution is 2.19. The highest BCUT2D eigenvalue weighted by atomic mass is 35.5. The summed E-state index contributed by atoms with van der Waals surface area (Å²) in [4.78, 5) is 14.3. The fourth-order valence-corrected chi connectivity index (χ4v) is 3.29. The predicted octanol–water partition coefficient (Wildman–Crippen LogP) is 1.81. The number of nitrogens with zero attached hydrogens (tertiary/aromatic N) is 1. The number of amides is 1. The number of carbonyl (C=O) groups excluding carboxylic acids is 1. The second-order valence-corrected chi connectivity index (χ2v) is 7.93. The monoisotopic (exact) mass is 344 g/mol. The maximum absolute atomic E-state index is 12.5. The second kappa shape index (κ2) is 7.44. The van der Waals surface area contributed by atoms with Gasteiger partial charge in [0.05, 0.1) is 12.7 Å². The molecular formula is C15H21ClN2O3S. The van der Waals surface area contributed by atoms with Gasteiger partial charge < -0.3 is 4.90 Å². The molecule has 22 heavy (non-hydrogen) atoms. The number of hydrogen-bond acceptors (Lipinski definition) is 3. The molecule has 1 aromatic carbocycles. The highest BCUT2D eigenvalue weighted by molar-refractivity contribution is 7.88. The van der Waals surface area contributed by atoms with Crippen LogP contribution in [0.1, 0.15) is 24.8 Å². The Morgan fingerprint density at radius 2 is 2.00 bits per heavy atom. The summed E-state index contributed by atoms with van der Waals surface area (Å²) in [5, 5.41) is 0.643. The molecule has 1 amide bonds. The van der Waals surface area contributed by atoms with Crippen LogP contribution in [0, 0.1) is 0 Å². The van der Waals surface area contributed by atoms with Gasteiger partial charge in [0.15, 0.2) is 0 Å². The molecule has 0 aliphatic carbocycles. The van der Waals surface area contributed by atoms with E-state index in [9.17, 15) is 13.2 Å². The zero-order valence-corrected chi connectivity index (χ0v) is 14.2. The van der Waals surface area contributed by atoms with Crippen molar-refractivity contribution in [3.8, 4) is 0 Å². The summed E-state index contributed by atoms with van der Waals surface area (Å²) in [6.07, 6.45) is 4.25. The van der Waals surface area contributed by atoms with Gasteiger partial charge in [-0.2, -0.15) is 0 Å². The summed E-state index contributed by atoms with van der Waals surface area (Å²) >= 11 is 5.84. The fraction of sp³-hybridized carbons (Fsp3) is 0.533. The summed E-state index contributed by atoms with van der Waals surface area (Å²) in [6.45, 7) is 0.966. The van der Waals surface area contributed by atoms with Crippen molar-refractivity contribution in [3.63, 3.8) is 0 Å². The van der Waals surface area contributed by atoms with Crippen molar-refractivity contribution >= 4 is 27.5 Å². The molecule has 0 aromatic heterocycles. The molecule has 0 unspecified atom stereocenters. The minimum absolute atomic E-state index is 0.0299. The van der Waals surface area contributed by atoms with Gasteiger partial charge in [0.1, 0.15) is 0 Å². The van der Waals surface area contributed by atoms with Crippen LogP contribution >= 0.6 is 11.6 Å². The molecule has 1 fully saturated rings. The van der Waals surface area contributed by atoms with E-state index in [0.29, 0.717) is 18.0 Å². The number of benzene rings is 1. The van der Waals surface area contributed by atoms with Gasteiger partial charge in [-0.3, -0.25) is 4.79 Å². The number of rotatable bonds is 5. The van der Waals surface area contributed by atoms with Crippen LogP contribution in [0.5, 0.6) is 0 Å². The van der Waals surface area contributed by atoms with E-state index in [4.69, 9.17) is 11.6 Å². The normalized spacial score (nSPS) is 19.2. The number of sulfonamides is 1. The Morgan fingerprint density at radius 3 is 2.64 bits per heavy atom. The first-order chi connectivity index (χ1) is 10.3.